The number of urea groups is 1. The van der Waals surface area contributed by atoms with Crippen molar-refractivity contribution in [3.05, 3.63) is 60.1 Å². The molecule has 1 fully saturated rings. The van der Waals surface area contributed by atoms with E-state index in [1.54, 1.807) is 37.3 Å². The van der Waals surface area contributed by atoms with Crippen molar-refractivity contribution in [1.29, 1.82) is 0 Å². The highest BCUT2D eigenvalue weighted by Gasteiger charge is 2.38. The Labute approximate surface area is 167 Å². The lowest BCUT2D eigenvalue weighted by Crippen LogP contribution is -2.54. The first-order chi connectivity index (χ1) is 14.0. The molecule has 1 aromatic carbocycles. The highest BCUT2D eigenvalue weighted by molar-refractivity contribution is 6.38. The van der Waals surface area contributed by atoms with Crippen molar-refractivity contribution in [2.45, 2.75) is 13.8 Å². The van der Waals surface area contributed by atoms with Crippen LogP contribution < -0.4 is 19.7 Å². The number of carbonyl (C=O) groups is 3. The van der Waals surface area contributed by atoms with Gasteiger partial charge in [0.05, 0.1) is 25.2 Å². The fourth-order valence-corrected chi connectivity index (χ4v) is 2.73. The van der Waals surface area contributed by atoms with Gasteiger partial charge in [0.1, 0.15) is 22.8 Å². The number of amides is 4. The van der Waals surface area contributed by atoms with Gasteiger partial charge in [-0.05, 0) is 50.3 Å². The third-order valence-corrected chi connectivity index (χ3v) is 3.95. The summed E-state index contributed by atoms with van der Waals surface area (Å²) < 4.78 is 16.2. The Morgan fingerprint density at radius 1 is 1.10 bits per heavy atom. The van der Waals surface area contributed by atoms with Crippen molar-refractivity contribution < 1.29 is 28.3 Å². The number of benzene rings is 1. The van der Waals surface area contributed by atoms with Gasteiger partial charge in [-0.1, -0.05) is 6.08 Å². The standard InChI is InChI=1S/C21H20N2O6/c1-3-27-15-10-11-18(28-4-2)17(13-15)23-20(25)16(19(24)22-21(23)26)9-5-7-14-8-6-12-29-14/h5-13H,3-4H2,1-2H3,(H,22,24,26)/b7-5+,16-9+. The van der Waals surface area contributed by atoms with Crippen LogP contribution in [-0.4, -0.2) is 31.1 Å². The molecule has 1 aromatic heterocycles. The molecule has 2 aromatic rings. The molecule has 0 saturated carbocycles. The summed E-state index contributed by atoms with van der Waals surface area (Å²) in [6.07, 6.45) is 5.92. The van der Waals surface area contributed by atoms with Crippen LogP contribution in [-0.2, 0) is 9.59 Å². The van der Waals surface area contributed by atoms with Gasteiger partial charge in [-0.3, -0.25) is 14.9 Å². The Morgan fingerprint density at radius 2 is 1.90 bits per heavy atom. The van der Waals surface area contributed by atoms with E-state index >= 15 is 0 Å². The molecule has 3 rings (SSSR count). The van der Waals surface area contributed by atoms with Crippen LogP contribution in [0.25, 0.3) is 6.08 Å². The molecule has 8 heteroatoms. The lowest BCUT2D eigenvalue weighted by Gasteiger charge is -2.28. The van der Waals surface area contributed by atoms with E-state index in [1.165, 1.54) is 24.5 Å². The molecule has 1 aliphatic rings. The fraction of sp³-hybridized carbons (Fsp3) is 0.190. The maximum Gasteiger partial charge on any atom is 0.336 e. The second kappa shape index (κ2) is 8.92. The summed E-state index contributed by atoms with van der Waals surface area (Å²) in [7, 11) is 0. The normalized spacial score (nSPS) is 15.9. The first kappa shape index (κ1) is 19.9. The smallest absolute Gasteiger partial charge is 0.336 e. The third-order valence-electron chi connectivity index (χ3n) is 3.95. The summed E-state index contributed by atoms with van der Waals surface area (Å²) in [4.78, 5) is 38.5. The molecule has 0 unspecified atom stereocenters. The summed E-state index contributed by atoms with van der Waals surface area (Å²) in [6.45, 7) is 4.35. The topological polar surface area (TPSA) is 98.1 Å². The number of anilines is 1. The van der Waals surface area contributed by atoms with E-state index in [-0.39, 0.29) is 11.3 Å². The average Bonchev–Trinajstić information content (AvgIpc) is 3.20. The summed E-state index contributed by atoms with van der Waals surface area (Å²) in [5.74, 6) is -0.204. The number of hydrogen-bond donors (Lipinski definition) is 1. The molecule has 4 amide bonds. The van der Waals surface area contributed by atoms with Crippen LogP contribution in [0.15, 0.2) is 58.7 Å². The van der Waals surface area contributed by atoms with Crippen molar-refractivity contribution in [3.8, 4) is 11.5 Å². The number of barbiturate groups is 1. The SMILES string of the molecule is CCOc1ccc(OCC)c(N2C(=O)NC(=O)/C(=C\C=C\c3ccco3)C2=O)c1. The minimum atomic E-state index is -0.859. The Bertz CT molecular complexity index is 975. The van der Waals surface area contributed by atoms with Crippen LogP contribution in [0.4, 0.5) is 10.5 Å². The van der Waals surface area contributed by atoms with Crippen LogP contribution in [0.5, 0.6) is 11.5 Å². The second-order valence-corrected chi connectivity index (χ2v) is 5.85. The predicted molar refractivity (Wildman–Crippen MR) is 106 cm³/mol. The maximum atomic E-state index is 13.0. The molecule has 0 spiro atoms. The van der Waals surface area contributed by atoms with Crippen LogP contribution in [0.1, 0.15) is 19.6 Å². The Hall–Kier alpha value is -3.81. The van der Waals surface area contributed by atoms with E-state index in [1.807, 2.05) is 6.92 Å². The molecule has 1 aliphatic heterocycles. The van der Waals surface area contributed by atoms with Crippen molar-refractivity contribution in [1.82, 2.24) is 5.32 Å². The van der Waals surface area contributed by atoms with Gasteiger partial charge in [-0.15, -0.1) is 0 Å². The van der Waals surface area contributed by atoms with Gasteiger partial charge in [-0.25, -0.2) is 9.69 Å². The van der Waals surface area contributed by atoms with E-state index < -0.39 is 17.8 Å². The average molecular weight is 396 g/mol. The highest BCUT2D eigenvalue weighted by Crippen LogP contribution is 2.34. The second-order valence-electron chi connectivity index (χ2n) is 5.85. The van der Waals surface area contributed by atoms with Gasteiger partial charge in [0.15, 0.2) is 0 Å². The summed E-state index contributed by atoms with van der Waals surface area (Å²) in [6, 6.07) is 7.40. The molecule has 150 valence electrons. The highest BCUT2D eigenvalue weighted by atomic mass is 16.5. The molecular formula is C21H20N2O6. The molecule has 8 nitrogen and oxygen atoms in total. The molecule has 0 aliphatic carbocycles. The number of imide groups is 2. The minimum absolute atomic E-state index is 0.189. The van der Waals surface area contributed by atoms with Crippen molar-refractivity contribution in [3.63, 3.8) is 0 Å². The van der Waals surface area contributed by atoms with Gasteiger partial charge < -0.3 is 13.9 Å². The van der Waals surface area contributed by atoms with Crippen molar-refractivity contribution >= 4 is 29.6 Å². The molecule has 0 radical (unpaired) electrons. The van der Waals surface area contributed by atoms with Gasteiger partial charge in [0, 0.05) is 6.07 Å². The van der Waals surface area contributed by atoms with Gasteiger partial charge in [0.25, 0.3) is 11.8 Å². The molecule has 29 heavy (non-hydrogen) atoms. The van der Waals surface area contributed by atoms with Gasteiger partial charge in [0.2, 0.25) is 0 Å². The van der Waals surface area contributed by atoms with Crippen LogP contribution in [0, 0.1) is 0 Å². The lowest BCUT2D eigenvalue weighted by atomic mass is 10.1. The maximum absolute atomic E-state index is 13.0. The Morgan fingerprint density at radius 3 is 2.59 bits per heavy atom. The Kier molecular flexibility index (Phi) is 6.13. The number of nitrogens with zero attached hydrogens (tertiary/aromatic N) is 1. The molecular weight excluding hydrogens is 376 g/mol. The number of allylic oxidation sites excluding steroid dienone is 2. The fourth-order valence-electron chi connectivity index (χ4n) is 2.73. The largest absolute Gasteiger partial charge is 0.494 e. The van der Waals surface area contributed by atoms with E-state index in [0.717, 1.165) is 4.90 Å². The van der Waals surface area contributed by atoms with E-state index in [0.29, 0.717) is 30.5 Å². The van der Waals surface area contributed by atoms with Crippen molar-refractivity contribution in [2.75, 3.05) is 18.1 Å². The first-order valence-electron chi connectivity index (χ1n) is 9.06. The molecule has 1 N–H and O–H groups in total. The van der Waals surface area contributed by atoms with E-state index in [2.05, 4.69) is 5.32 Å². The Balaban J connectivity index is 1.98. The lowest BCUT2D eigenvalue weighted by molar-refractivity contribution is -0.122. The number of rotatable bonds is 7. The zero-order valence-electron chi connectivity index (χ0n) is 16.0. The number of carbonyl (C=O) groups excluding carboxylic acids is 3. The molecule has 1 saturated heterocycles. The molecule has 0 atom stereocenters. The van der Waals surface area contributed by atoms with Crippen LogP contribution in [0.3, 0.4) is 0 Å². The number of ether oxygens (including phenoxy) is 2. The van der Waals surface area contributed by atoms with E-state index in [4.69, 9.17) is 13.9 Å². The zero-order valence-corrected chi connectivity index (χ0v) is 16.0. The summed E-state index contributed by atoms with van der Waals surface area (Å²) >= 11 is 0. The first-order valence-corrected chi connectivity index (χ1v) is 9.06. The predicted octanol–water partition coefficient (Wildman–Crippen LogP) is 3.30. The quantitative estimate of drug-likeness (QED) is 0.570. The minimum Gasteiger partial charge on any atom is -0.494 e. The van der Waals surface area contributed by atoms with Crippen LogP contribution >= 0.6 is 0 Å². The number of furan rings is 1. The van der Waals surface area contributed by atoms with E-state index in [9.17, 15) is 14.4 Å². The number of hydrogen-bond acceptors (Lipinski definition) is 6. The molecule has 2 heterocycles. The summed E-state index contributed by atoms with van der Waals surface area (Å²) in [5.41, 5.74) is -0.00891. The third kappa shape index (κ3) is 4.37. The zero-order chi connectivity index (χ0) is 20.8. The monoisotopic (exact) mass is 396 g/mol. The van der Waals surface area contributed by atoms with Crippen molar-refractivity contribution in [2.24, 2.45) is 0 Å². The van der Waals surface area contributed by atoms with Gasteiger partial charge >= 0.3 is 6.03 Å². The number of nitrogens with one attached hydrogen (secondary N) is 1. The van der Waals surface area contributed by atoms with Crippen LogP contribution in [0.2, 0.25) is 0 Å². The summed E-state index contributed by atoms with van der Waals surface area (Å²) in [5, 5.41) is 2.18. The van der Waals surface area contributed by atoms with Gasteiger partial charge in [-0.2, -0.15) is 0 Å². The molecule has 0 bridgehead atoms.